The molecule has 1 N–H and O–H groups in total. The molecule has 0 saturated heterocycles. The van der Waals surface area contributed by atoms with Crippen molar-refractivity contribution < 1.29 is 4.79 Å². The highest BCUT2D eigenvalue weighted by Crippen LogP contribution is 2.33. The van der Waals surface area contributed by atoms with E-state index in [9.17, 15) is 9.59 Å². The van der Waals surface area contributed by atoms with Crippen LogP contribution in [-0.2, 0) is 30.5 Å². The first-order valence-electron chi connectivity index (χ1n) is 9.57. The number of fused-ring (bicyclic) bond motifs is 3. The zero-order valence-electron chi connectivity index (χ0n) is 15.5. The van der Waals surface area contributed by atoms with Crippen molar-refractivity contribution in [1.29, 1.82) is 0 Å². The summed E-state index contributed by atoms with van der Waals surface area (Å²) in [6.45, 7) is 1.95. The summed E-state index contributed by atoms with van der Waals surface area (Å²) >= 11 is 1.64. The summed E-state index contributed by atoms with van der Waals surface area (Å²) in [6, 6.07) is 9.89. The van der Waals surface area contributed by atoms with E-state index in [1.165, 1.54) is 16.0 Å². The van der Waals surface area contributed by atoms with Gasteiger partial charge in [0.2, 0.25) is 5.91 Å². The summed E-state index contributed by atoms with van der Waals surface area (Å²) in [4.78, 5) is 32.4. The van der Waals surface area contributed by atoms with E-state index in [-0.39, 0.29) is 11.5 Å². The topological polar surface area (TPSA) is 64.0 Å². The highest BCUT2D eigenvalue weighted by molar-refractivity contribution is 7.18. The number of carbonyl (C=O) groups is 1. The number of hydrogen-bond donors (Lipinski definition) is 1. The highest BCUT2D eigenvalue weighted by Gasteiger charge is 2.22. The number of aryl methyl sites for hydroxylation is 4. The molecule has 3 aromatic rings. The number of rotatable bonds is 5. The average Bonchev–Trinajstić information content (AvgIpc) is 3.07. The predicted octanol–water partition coefficient (Wildman–Crippen LogP) is 3.60. The first-order valence-corrected chi connectivity index (χ1v) is 10.4. The largest absolute Gasteiger partial charge is 0.281 e. The van der Waals surface area contributed by atoms with Crippen molar-refractivity contribution in [3.05, 3.63) is 62.5 Å². The molecule has 1 aromatic carbocycles. The van der Waals surface area contributed by atoms with Gasteiger partial charge in [0, 0.05) is 17.7 Å². The zero-order valence-corrected chi connectivity index (χ0v) is 16.3. The molecule has 6 heteroatoms. The second kappa shape index (κ2) is 7.64. The molecule has 0 saturated carbocycles. The Balaban J connectivity index is 1.63. The Kier molecular flexibility index (Phi) is 5.07. The van der Waals surface area contributed by atoms with Gasteiger partial charge in [-0.25, -0.2) is 9.66 Å². The number of carbonyl (C=O) groups excluding carboxylic acids is 1. The van der Waals surface area contributed by atoms with Crippen LogP contribution in [0, 0.1) is 0 Å². The van der Waals surface area contributed by atoms with Gasteiger partial charge in [-0.3, -0.25) is 15.0 Å². The van der Waals surface area contributed by atoms with Crippen LogP contribution in [0.1, 0.15) is 48.0 Å². The molecule has 1 aliphatic rings. The average molecular weight is 382 g/mol. The first kappa shape index (κ1) is 17.9. The maximum absolute atomic E-state index is 13.2. The lowest BCUT2D eigenvalue weighted by molar-refractivity contribution is -0.117. The molecule has 2 heterocycles. The Morgan fingerprint density at radius 1 is 1.22 bits per heavy atom. The molecule has 0 fully saturated rings. The van der Waals surface area contributed by atoms with Crippen LogP contribution in [0.3, 0.4) is 0 Å². The molecule has 4 rings (SSSR count). The second-order valence-corrected chi connectivity index (χ2v) is 8.02. The number of nitrogens with zero attached hydrogens (tertiary/aromatic N) is 2. The highest BCUT2D eigenvalue weighted by atomic mass is 32.1. The van der Waals surface area contributed by atoms with Gasteiger partial charge in [0.1, 0.15) is 10.7 Å². The summed E-state index contributed by atoms with van der Waals surface area (Å²) in [7, 11) is 0. The molecule has 140 valence electrons. The van der Waals surface area contributed by atoms with E-state index in [0.717, 1.165) is 35.2 Å². The van der Waals surface area contributed by atoms with Crippen molar-refractivity contribution in [2.75, 3.05) is 5.43 Å². The van der Waals surface area contributed by atoms with Gasteiger partial charge in [0.15, 0.2) is 0 Å². The molecule has 0 spiro atoms. The Morgan fingerprint density at radius 3 is 2.78 bits per heavy atom. The molecule has 0 atom stereocenters. The lowest BCUT2D eigenvalue weighted by Crippen LogP contribution is -2.36. The Bertz CT molecular complexity index is 1040. The minimum Gasteiger partial charge on any atom is -0.273 e. The second-order valence-electron chi connectivity index (χ2n) is 6.93. The number of hydrogen-bond acceptors (Lipinski definition) is 4. The molecule has 0 bridgehead atoms. The van der Waals surface area contributed by atoms with Gasteiger partial charge in [-0.05, 0) is 43.2 Å². The first-order chi connectivity index (χ1) is 13.2. The van der Waals surface area contributed by atoms with Crippen molar-refractivity contribution >= 4 is 27.5 Å². The molecule has 27 heavy (non-hydrogen) atoms. The van der Waals surface area contributed by atoms with E-state index in [1.807, 2.05) is 37.3 Å². The number of nitrogens with one attached hydrogen (secondary N) is 1. The third-order valence-corrected chi connectivity index (χ3v) is 6.28. The van der Waals surface area contributed by atoms with E-state index >= 15 is 0 Å². The fraction of sp³-hybridized carbons (Fsp3) is 0.381. The van der Waals surface area contributed by atoms with Crippen molar-refractivity contribution in [1.82, 2.24) is 9.66 Å². The van der Waals surface area contributed by atoms with Gasteiger partial charge in [0.25, 0.3) is 5.56 Å². The smallest absolute Gasteiger partial charge is 0.273 e. The quantitative estimate of drug-likeness (QED) is 0.734. The summed E-state index contributed by atoms with van der Waals surface area (Å²) in [5.41, 5.74) is 4.92. The van der Waals surface area contributed by atoms with Crippen molar-refractivity contribution in [2.45, 2.75) is 51.9 Å². The van der Waals surface area contributed by atoms with E-state index in [2.05, 4.69) is 5.43 Å². The predicted molar refractivity (Wildman–Crippen MR) is 109 cm³/mol. The van der Waals surface area contributed by atoms with E-state index < -0.39 is 0 Å². The van der Waals surface area contributed by atoms with Crippen molar-refractivity contribution in [2.24, 2.45) is 0 Å². The molecule has 0 unspecified atom stereocenters. The Hall–Kier alpha value is -2.47. The van der Waals surface area contributed by atoms with Crippen LogP contribution in [0.25, 0.3) is 10.2 Å². The summed E-state index contributed by atoms with van der Waals surface area (Å²) in [5.74, 6) is 0.444. The van der Waals surface area contributed by atoms with Crippen LogP contribution < -0.4 is 11.0 Å². The Morgan fingerprint density at radius 2 is 2.00 bits per heavy atom. The fourth-order valence-electron chi connectivity index (χ4n) is 3.68. The van der Waals surface area contributed by atoms with Gasteiger partial charge in [-0.1, -0.05) is 37.3 Å². The molecule has 0 radical (unpaired) electrons. The van der Waals surface area contributed by atoms with Crippen LogP contribution in [0.15, 0.2) is 35.1 Å². The molecule has 5 nitrogen and oxygen atoms in total. The minimum atomic E-state index is -0.166. The van der Waals surface area contributed by atoms with Gasteiger partial charge in [0.05, 0.1) is 5.39 Å². The molecule has 0 aliphatic heterocycles. The molecular formula is C21H23N3O2S. The van der Waals surface area contributed by atoms with E-state index in [0.29, 0.717) is 30.5 Å². The summed E-state index contributed by atoms with van der Waals surface area (Å²) in [6.07, 6.45) is 5.81. The maximum atomic E-state index is 13.2. The van der Waals surface area contributed by atoms with Gasteiger partial charge < -0.3 is 0 Å². The van der Waals surface area contributed by atoms with Crippen molar-refractivity contribution in [3.8, 4) is 0 Å². The summed E-state index contributed by atoms with van der Waals surface area (Å²) in [5, 5.41) is 0.704. The van der Waals surface area contributed by atoms with E-state index in [1.54, 1.807) is 11.3 Å². The standard InChI is InChI=1S/C21H23N3O2S/c1-2-17-22-20-19(15-10-6-7-11-16(15)27-20)21(26)24(17)23-18(25)13-12-14-8-4-3-5-9-14/h3-5,8-9H,2,6-7,10-13H2,1H3,(H,23,25). The van der Waals surface area contributed by atoms with Gasteiger partial charge in [-0.2, -0.15) is 0 Å². The lowest BCUT2D eigenvalue weighted by atomic mass is 9.97. The van der Waals surface area contributed by atoms with Crippen LogP contribution in [0.5, 0.6) is 0 Å². The lowest BCUT2D eigenvalue weighted by Gasteiger charge is -2.14. The molecule has 1 amide bonds. The number of benzene rings is 1. The Labute approximate surface area is 162 Å². The number of amides is 1. The van der Waals surface area contributed by atoms with Crippen LogP contribution >= 0.6 is 11.3 Å². The monoisotopic (exact) mass is 381 g/mol. The molecule has 1 aliphatic carbocycles. The van der Waals surface area contributed by atoms with Crippen molar-refractivity contribution in [3.63, 3.8) is 0 Å². The van der Waals surface area contributed by atoms with Crippen LogP contribution in [0.4, 0.5) is 0 Å². The third kappa shape index (κ3) is 3.54. The number of thiophene rings is 1. The van der Waals surface area contributed by atoms with E-state index in [4.69, 9.17) is 4.98 Å². The zero-order chi connectivity index (χ0) is 18.8. The van der Waals surface area contributed by atoms with Gasteiger partial charge in [-0.15, -0.1) is 11.3 Å². The third-order valence-electron chi connectivity index (χ3n) is 5.09. The SMILES string of the molecule is CCc1nc2sc3c(c2c(=O)n1NC(=O)CCc1ccccc1)CCCC3. The number of aromatic nitrogens is 2. The van der Waals surface area contributed by atoms with Crippen LogP contribution in [-0.4, -0.2) is 15.6 Å². The minimum absolute atomic E-state index is 0.135. The fourth-order valence-corrected chi connectivity index (χ4v) is 4.95. The normalized spacial score (nSPS) is 13.5. The summed E-state index contributed by atoms with van der Waals surface area (Å²) < 4.78 is 1.37. The molecule has 2 aromatic heterocycles. The van der Waals surface area contributed by atoms with Crippen LogP contribution in [0.2, 0.25) is 0 Å². The maximum Gasteiger partial charge on any atom is 0.281 e. The molecular weight excluding hydrogens is 358 g/mol. The van der Waals surface area contributed by atoms with Gasteiger partial charge >= 0.3 is 0 Å².